The summed E-state index contributed by atoms with van der Waals surface area (Å²) < 4.78 is 5.57. The maximum atomic E-state index is 5.78. The number of nitrogens with two attached hydrogens (primary N) is 1. The molecule has 1 fully saturated rings. The summed E-state index contributed by atoms with van der Waals surface area (Å²) in [7, 11) is 0. The number of hydrogen-bond acceptors (Lipinski definition) is 2. The second-order valence-electron chi connectivity index (χ2n) is 5.80. The van der Waals surface area contributed by atoms with E-state index in [-0.39, 0.29) is 5.41 Å². The van der Waals surface area contributed by atoms with E-state index < -0.39 is 0 Å². The zero-order valence-corrected chi connectivity index (χ0v) is 12.1. The zero-order chi connectivity index (χ0) is 14.2. The fourth-order valence-electron chi connectivity index (χ4n) is 3.13. The van der Waals surface area contributed by atoms with Gasteiger partial charge in [-0.3, -0.25) is 0 Å². The molecule has 0 unspecified atom stereocenters. The molecule has 1 heterocycles. The van der Waals surface area contributed by atoms with Gasteiger partial charge in [-0.1, -0.05) is 48.0 Å². The highest BCUT2D eigenvalue weighted by Gasteiger charge is 2.42. The van der Waals surface area contributed by atoms with Crippen LogP contribution in [0.2, 0.25) is 0 Å². The molecule has 2 aromatic carbocycles. The molecular formula is C18H21NO. The van der Waals surface area contributed by atoms with E-state index in [2.05, 4.69) is 56.3 Å². The molecule has 1 saturated heterocycles. The number of hydrogen-bond donors (Lipinski definition) is 1. The summed E-state index contributed by atoms with van der Waals surface area (Å²) in [6.07, 6.45) is 0. The number of aryl methyl sites for hydroxylation is 2. The smallest absolute Gasteiger partial charge is 0.0672 e. The summed E-state index contributed by atoms with van der Waals surface area (Å²) in [4.78, 5) is 0. The molecule has 2 N–H and O–H groups in total. The summed E-state index contributed by atoms with van der Waals surface area (Å²) in [5.41, 5.74) is 12.3. The van der Waals surface area contributed by atoms with Gasteiger partial charge in [0.1, 0.15) is 0 Å². The minimum atomic E-state index is 0.00294. The van der Waals surface area contributed by atoms with Gasteiger partial charge in [-0.2, -0.15) is 0 Å². The van der Waals surface area contributed by atoms with Crippen molar-refractivity contribution in [2.24, 2.45) is 5.73 Å². The molecule has 0 saturated carbocycles. The van der Waals surface area contributed by atoms with Crippen LogP contribution in [-0.2, 0) is 16.7 Å². The predicted molar refractivity (Wildman–Crippen MR) is 81.8 cm³/mol. The Kier molecular flexibility index (Phi) is 3.36. The third kappa shape index (κ3) is 2.05. The molecule has 3 rings (SSSR count). The number of rotatable bonds is 3. The Morgan fingerprint density at radius 2 is 1.90 bits per heavy atom. The third-order valence-electron chi connectivity index (χ3n) is 4.31. The number of benzene rings is 2. The molecule has 104 valence electrons. The van der Waals surface area contributed by atoms with E-state index in [0.717, 1.165) is 13.2 Å². The molecule has 0 spiro atoms. The largest absolute Gasteiger partial charge is 0.379 e. The van der Waals surface area contributed by atoms with E-state index in [1.54, 1.807) is 0 Å². The van der Waals surface area contributed by atoms with Crippen LogP contribution in [0.1, 0.15) is 27.8 Å². The van der Waals surface area contributed by atoms with Crippen LogP contribution < -0.4 is 5.73 Å². The Morgan fingerprint density at radius 3 is 2.50 bits per heavy atom. The van der Waals surface area contributed by atoms with Crippen molar-refractivity contribution < 1.29 is 4.74 Å². The summed E-state index contributed by atoms with van der Waals surface area (Å²) in [5.74, 6) is 0. The van der Waals surface area contributed by atoms with E-state index >= 15 is 0 Å². The quantitative estimate of drug-likeness (QED) is 0.927. The molecule has 0 aromatic heterocycles. The molecule has 1 aliphatic heterocycles. The second-order valence-corrected chi connectivity index (χ2v) is 5.80. The van der Waals surface area contributed by atoms with Crippen molar-refractivity contribution in [2.45, 2.75) is 25.8 Å². The van der Waals surface area contributed by atoms with Gasteiger partial charge >= 0.3 is 0 Å². The van der Waals surface area contributed by atoms with Crippen molar-refractivity contribution in [3.8, 4) is 0 Å². The molecule has 2 nitrogen and oxygen atoms in total. The van der Waals surface area contributed by atoms with E-state index in [4.69, 9.17) is 10.5 Å². The maximum Gasteiger partial charge on any atom is 0.0672 e. The van der Waals surface area contributed by atoms with E-state index in [1.807, 2.05) is 0 Å². The molecule has 0 amide bonds. The van der Waals surface area contributed by atoms with Crippen molar-refractivity contribution in [1.82, 2.24) is 0 Å². The highest BCUT2D eigenvalue weighted by atomic mass is 16.5. The summed E-state index contributed by atoms with van der Waals surface area (Å²) >= 11 is 0. The first-order valence-electron chi connectivity index (χ1n) is 7.11. The van der Waals surface area contributed by atoms with Gasteiger partial charge in [-0.25, -0.2) is 0 Å². The summed E-state index contributed by atoms with van der Waals surface area (Å²) in [6, 6.07) is 15.3. The van der Waals surface area contributed by atoms with Crippen molar-refractivity contribution in [1.29, 1.82) is 0 Å². The highest BCUT2D eigenvalue weighted by molar-refractivity contribution is 5.47. The monoisotopic (exact) mass is 267 g/mol. The SMILES string of the molecule is Cc1ccc(C2(c3cccc(CN)c3)COC2)c(C)c1. The van der Waals surface area contributed by atoms with Gasteiger partial charge in [-0.05, 0) is 36.1 Å². The first kappa shape index (κ1) is 13.3. The molecule has 20 heavy (non-hydrogen) atoms. The van der Waals surface area contributed by atoms with E-state index in [1.165, 1.54) is 27.8 Å². The lowest BCUT2D eigenvalue weighted by molar-refractivity contribution is -0.0383. The lowest BCUT2D eigenvalue weighted by atomic mass is 9.71. The molecule has 0 radical (unpaired) electrons. The predicted octanol–water partition coefficient (Wildman–Crippen LogP) is 3.08. The van der Waals surface area contributed by atoms with E-state index in [0.29, 0.717) is 6.54 Å². The van der Waals surface area contributed by atoms with Crippen LogP contribution in [0.15, 0.2) is 42.5 Å². The fraction of sp³-hybridized carbons (Fsp3) is 0.333. The first-order valence-corrected chi connectivity index (χ1v) is 7.11. The van der Waals surface area contributed by atoms with Crippen LogP contribution in [0.5, 0.6) is 0 Å². The molecule has 2 aromatic rings. The Bertz CT molecular complexity index is 629. The normalized spacial score (nSPS) is 16.8. The second kappa shape index (κ2) is 5.04. The van der Waals surface area contributed by atoms with Crippen molar-refractivity contribution in [3.63, 3.8) is 0 Å². The van der Waals surface area contributed by atoms with Gasteiger partial charge in [0.05, 0.1) is 18.6 Å². The van der Waals surface area contributed by atoms with Crippen molar-refractivity contribution in [2.75, 3.05) is 13.2 Å². The van der Waals surface area contributed by atoms with Gasteiger partial charge in [0.2, 0.25) is 0 Å². The Morgan fingerprint density at radius 1 is 1.10 bits per heavy atom. The minimum absolute atomic E-state index is 0.00294. The van der Waals surface area contributed by atoms with Crippen molar-refractivity contribution >= 4 is 0 Å². The van der Waals surface area contributed by atoms with Gasteiger partial charge in [0.15, 0.2) is 0 Å². The molecule has 2 heteroatoms. The van der Waals surface area contributed by atoms with Gasteiger partial charge in [0, 0.05) is 6.54 Å². The van der Waals surface area contributed by atoms with Crippen LogP contribution in [-0.4, -0.2) is 13.2 Å². The lowest BCUT2D eigenvalue weighted by Crippen LogP contribution is -2.48. The summed E-state index contributed by atoms with van der Waals surface area (Å²) in [6.45, 7) is 6.42. The van der Waals surface area contributed by atoms with Crippen LogP contribution in [0.4, 0.5) is 0 Å². The topological polar surface area (TPSA) is 35.2 Å². The zero-order valence-electron chi connectivity index (χ0n) is 12.1. The fourth-order valence-corrected chi connectivity index (χ4v) is 3.13. The molecule has 0 bridgehead atoms. The number of ether oxygens (including phenoxy) is 1. The summed E-state index contributed by atoms with van der Waals surface area (Å²) in [5, 5.41) is 0. The maximum absolute atomic E-state index is 5.78. The molecule has 0 aliphatic carbocycles. The average Bonchev–Trinajstić information content (AvgIpc) is 2.40. The highest BCUT2D eigenvalue weighted by Crippen LogP contribution is 2.41. The first-order chi connectivity index (χ1) is 9.65. The van der Waals surface area contributed by atoms with E-state index in [9.17, 15) is 0 Å². The molecule has 1 aliphatic rings. The molecule has 0 atom stereocenters. The Balaban J connectivity index is 2.11. The van der Waals surface area contributed by atoms with Crippen LogP contribution in [0.3, 0.4) is 0 Å². The third-order valence-corrected chi connectivity index (χ3v) is 4.31. The van der Waals surface area contributed by atoms with Crippen molar-refractivity contribution in [3.05, 3.63) is 70.3 Å². The van der Waals surface area contributed by atoms with Gasteiger partial charge in [-0.15, -0.1) is 0 Å². The van der Waals surface area contributed by atoms with Crippen LogP contribution >= 0.6 is 0 Å². The lowest BCUT2D eigenvalue weighted by Gasteiger charge is -2.43. The van der Waals surface area contributed by atoms with Crippen LogP contribution in [0.25, 0.3) is 0 Å². The minimum Gasteiger partial charge on any atom is -0.379 e. The van der Waals surface area contributed by atoms with Gasteiger partial charge < -0.3 is 10.5 Å². The molecular weight excluding hydrogens is 246 g/mol. The van der Waals surface area contributed by atoms with Gasteiger partial charge in [0.25, 0.3) is 0 Å². The Labute approximate surface area is 120 Å². The average molecular weight is 267 g/mol. The van der Waals surface area contributed by atoms with Crippen LogP contribution in [0, 0.1) is 13.8 Å². The Hall–Kier alpha value is -1.64. The standard InChI is InChI=1S/C18H21NO/c1-13-6-7-17(14(2)8-13)18(11-20-12-18)16-5-3-4-15(9-16)10-19/h3-9H,10-12,19H2,1-2H3.